The van der Waals surface area contributed by atoms with Gasteiger partial charge in [0, 0.05) is 51.0 Å². The third-order valence-corrected chi connectivity index (χ3v) is 6.55. The van der Waals surface area contributed by atoms with Crippen molar-refractivity contribution in [3.05, 3.63) is 29.8 Å². The molecule has 3 aliphatic heterocycles. The lowest BCUT2D eigenvalue weighted by atomic mass is 9.75. The molecule has 4 unspecified atom stereocenters. The SMILES string of the molecule is CCN(CC)CC1CN2CCC1CC2CNC(=O)c1ccc(N(C)C)cc1. The molecule has 0 aliphatic carbocycles. The van der Waals surface area contributed by atoms with Crippen molar-refractivity contribution in [3.8, 4) is 0 Å². The zero-order valence-corrected chi connectivity index (χ0v) is 17.4. The summed E-state index contributed by atoms with van der Waals surface area (Å²) in [4.78, 5) is 19.7. The maximum atomic E-state index is 12.5. The first-order valence-electron chi connectivity index (χ1n) is 10.5. The van der Waals surface area contributed by atoms with Gasteiger partial charge in [-0.1, -0.05) is 13.8 Å². The molecular weight excluding hydrogens is 336 g/mol. The summed E-state index contributed by atoms with van der Waals surface area (Å²) in [5.74, 6) is 1.66. The van der Waals surface area contributed by atoms with E-state index in [0.29, 0.717) is 6.04 Å². The second-order valence-corrected chi connectivity index (χ2v) is 8.33. The van der Waals surface area contributed by atoms with Crippen LogP contribution in [-0.2, 0) is 0 Å². The molecule has 150 valence electrons. The van der Waals surface area contributed by atoms with Gasteiger partial charge in [0.1, 0.15) is 0 Å². The van der Waals surface area contributed by atoms with Crippen molar-refractivity contribution >= 4 is 11.6 Å². The van der Waals surface area contributed by atoms with Gasteiger partial charge in [-0.3, -0.25) is 9.69 Å². The Morgan fingerprint density at radius 2 is 1.89 bits per heavy atom. The lowest BCUT2D eigenvalue weighted by Gasteiger charge is -2.51. The summed E-state index contributed by atoms with van der Waals surface area (Å²) in [5, 5.41) is 3.18. The molecule has 1 aromatic carbocycles. The molecule has 1 amide bonds. The van der Waals surface area contributed by atoms with E-state index in [0.717, 1.165) is 42.7 Å². The number of piperidine rings is 3. The van der Waals surface area contributed by atoms with Crippen molar-refractivity contribution in [2.75, 3.05) is 58.3 Å². The van der Waals surface area contributed by atoms with Gasteiger partial charge in [0.15, 0.2) is 0 Å². The lowest BCUT2D eigenvalue weighted by Crippen LogP contribution is -2.58. The Morgan fingerprint density at radius 3 is 2.44 bits per heavy atom. The first-order valence-corrected chi connectivity index (χ1v) is 10.5. The van der Waals surface area contributed by atoms with E-state index in [4.69, 9.17) is 0 Å². The van der Waals surface area contributed by atoms with Crippen LogP contribution >= 0.6 is 0 Å². The molecule has 4 rings (SSSR count). The zero-order chi connectivity index (χ0) is 19.4. The summed E-state index contributed by atoms with van der Waals surface area (Å²) in [7, 11) is 4.02. The van der Waals surface area contributed by atoms with Gasteiger partial charge in [-0.05, 0) is 68.6 Å². The predicted molar refractivity (Wildman–Crippen MR) is 112 cm³/mol. The Morgan fingerprint density at radius 1 is 1.19 bits per heavy atom. The average molecular weight is 373 g/mol. The minimum absolute atomic E-state index is 0.0441. The summed E-state index contributed by atoms with van der Waals surface area (Å²) in [6.07, 6.45) is 2.55. The molecule has 0 spiro atoms. The molecule has 3 fully saturated rings. The van der Waals surface area contributed by atoms with Crippen LogP contribution in [0.4, 0.5) is 5.69 Å². The number of benzene rings is 1. The van der Waals surface area contributed by atoms with Crippen molar-refractivity contribution in [2.45, 2.75) is 32.7 Å². The summed E-state index contributed by atoms with van der Waals surface area (Å²) in [6.45, 7) is 11.2. The number of nitrogens with zero attached hydrogens (tertiary/aromatic N) is 3. The van der Waals surface area contributed by atoms with Crippen molar-refractivity contribution in [2.24, 2.45) is 11.8 Å². The fraction of sp³-hybridized carbons (Fsp3) is 0.682. The maximum absolute atomic E-state index is 12.5. The molecule has 5 nitrogen and oxygen atoms in total. The molecule has 0 saturated carbocycles. The lowest BCUT2D eigenvalue weighted by molar-refractivity contribution is -0.0104. The molecule has 1 aromatic rings. The summed E-state index contributed by atoms with van der Waals surface area (Å²) < 4.78 is 0. The van der Waals surface area contributed by atoms with Crippen LogP contribution in [-0.4, -0.2) is 75.1 Å². The van der Waals surface area contributed by atoms with Gasteiger partial charge in [0.2, 0.25) is 0 Å². The van der Waals surface area contributed by atoms with Crippen LogP contribution in [0, 0.1) is 11.8 Å². The zero-order valence-electron chi connectivity index (χ0n) is 17.4. The molecule has 5 heteroatoms. The Labute approximate surface area is 164 Å². The predicted octanol–water partition coefficient (Wildman–Crippen LogP) is 2.53. The van der Waals surface area contributed by atoms with Crippen LogP contribution in [0.25, 0.3) is 0 Å². The molecule has 4 atom stereocenters. The minimum Gasteiger partial charge on any atom is -0.378 e. The second-order valence-electron chi connectivity index (χ2n) is 8.33. The summed E-state index contributed by atoms with van der Waals surface area (Å²) in [5.41, 5.74) is 1.86. The highest BCUT2D eigenvalue weighted by Gasteiger charge is 2.40. The largest absolute Gasteiger partial charge is 0.378 e. The first-order chi connectivity index (χ1) is 13.0. The van der Waals surface area contributed by atoms with Crippen molar-refractivity contribution < 1.29 is 4.79 Å². The van der Waals surface area contributed by atoms with Crippen LogP contribution in [0.15, 0.2) is 24.3 Å². The number of hydrogen-bond acceptors (Lipinski definition) is 4. The molecular formula is C22H36N4O. The van der Waals surface area contributed by atoms with Crippen LogP contribution in [0.5, 0.6) is 0 Å². The van der Waals surface area contributed by atoms with Gasteiger partial charge in [-0.2, -0.15) is 0 Å². The number of amides is 1. The monoisotopic (exact) mass is 372 g/mol. The highest BCUT2D eigenvalue weighted by Crippen LogP contribution is 2.36. The third kappa shape index (κ3) is 4.82. The van der Waals surface area contributed by atoms with Crippen molar-refractivity contribution in [3.63, 3.8) is 0 Å². The molecule has 3 aliphatic rings. The summed E-state index contributed by atoms with van der Waals surface area (Å²) >= 11 is 0. The van der Waals surface area contributed by atoms with Crippen LogP contribution < -0.4 is 10.2 Å². The number of carbonyl (C=O) groups excluding carboxylic acids is 1. The number of fused-ring (bicyclic) bond motifs is 3. The Hall–Kier alpha value is -1.59. The Kier molecular flexibility index (Phi) is 6.77. The van der Waals surface area contributed by atoms with E-state index >= 15 is 0 Å². The van der Waals surface area contributed by atoms with Gasteiger partial charge < -0.3 is 15.1 Å². The average Bonchev–Trinajstić information content (AvgIpc) is 2.70. The second kappa shape index (κ2) is 9.07. The molecule has 3 heterocycles. The van der Waals surface area contributed by atoms with E-state index < -0.39 is 0 Å². The van der Waals surface area contributed by atoms with E-state index in [9.17, 15) is 4.79 Å². The summed E-state index contributed by atoms with van der Waals surface area (Å²) in [6, 6.07) is 8.33. The fourth-order valence-electron chi connectivity index (χ4n) is 4.71. The van der Waals surface area contributed by atoms with Gasteiger partial charge >= 0.3 is 0 Å². The van der Waals surface area contributed by atoms with Gasteiger partial charge in [-0.25, -0.2) is 0 Å². The minimum atomic E-state index is 0.0441. The molecule has 0 radical (unpaired) electrons. The highest BCUT2D eigenvalue weighted by molar-refractivity contribution is 5.94. The number of rotatable bonds is 8. The quantitative estimate of drug-likeness (QED) is 0.761. The standard InChI is InChI=1S/C22H36N4O/c1-5-25(6-2)15-19-16-26-12-11-18(19)13-21(26)14-23-22(27)17-7-9-20(10-8-17)24(3)4/h7-10,18-19,21H,5-6,11-16H2,1-4H3,(H,23,27). The Bertz CT molecular complexity index is 611. The van der Waals surface area contributed by atoms with Gasteiger partial charge in [-0.15, -0.1) is 0 Å². The van der Waals surface area contributed by atoms with Crippen molar-refractivity contribution in [1.82, 2.24) is 15.1 Å². The third-order valence-electron chi connectivity index (χ3n) is 6.55. The van der Waals surface area contributed by atoms with E-state index in [1.54, 1.807) is 0 Å². The van der Waals surface area contributed by atoms with E-state index in [1.165, 1.54) is 32.5 Å². The van der Waals surface area contributed by atoms with Gasteiger partial charge in [0.25, 0.3) is 5.91 Å². The van der Waals surface area contributed by atoms with Crippen LogP contribution in [0.3, 0.4) is 0 Å². The number of carbonyl (C=O) groups is 1. The molecule has 1 N–H and O–H groups in total. The van der Waals surface area contributed by atoms with Crippen molar-refractivity contribution in [1.29, 1.82) is 0 Å². The van der Waals surface area contributed by atoms with E-state index in [1.807, 2.05) is 43.3 Å². The normalized spacial score (nSPS) is 27.0. The number of nitrogens with one attached hydrogen (secondary N) is 1. The highest BCUT2D eigenvalue weighted by atomic mass is 16.1. The number of anilines is 1. The smallest absolute Gasteiger partial charge is 0.251 e. The van der Waals surface area contributed by atoms with E-state index in [-0.39, 0.29) is 5.91 Å². The van der Waals surface area contributed by atoms with Crippen LogP contribution in [0.1, 0.15) is 37.0 Å². The molecule has 0 aromatic heterocycles. The maximum Gasteiger partial charge on any atom is 0.251 e. The number of hydrogen-bond donors (Lipinski definition) is 1. The Balaban J connectivity index is 1.50. The van der Waals surface area contributed by atoms with Crippen LogP contribution in [0.2, 0.25) is 0 Å². The fourth-order valence-corrected chi connectivity index (χ4v) is 4.71. The van der Waals surface area contributed by atoms with E-state index in [2.05, 4.69) is 29.0 Å². The molecule has 3 saturated heterocycles. The molecule has 27 heavy (non-hydrogen) atoms. The molecule has 2 bridgehead atoms. The van der Waals surface area contributed by atoms with Gasteiger partial charge in [0.05, 0.1) is 0 Å². The topological polar surface area (TPSA) is 38.8 Å². The first kappa shape index (κ1) is 20.2.